The van der Waals surface area contributed by atoms with Crippen molar-refractivity contribution < 1.29 is 19.1 Å². The Kier molecular flexibility index (Phi) is 8.02. The lowest BCUT2D eigenvalue weighted by molar-refractivity contribution is -0.123. The van der Waals surface area contributed by atoms with Gasteiger partial charge in [-0.3, -0.25) is 9.59 Å². The van der Waals surface area contributed by atoms with Gasteiger partial charge in [0, 0.05) is 12.3 Å². The van der Waals surface area contributed by atoms with E-state index in [0.29, 0.717) is 18.0 Å². The Hall–Kier alpha value is -3.35. The summed E-state index contributed by atoms with van der Waals surface area (Å²) in [5.41, 5.74) is 4.80. The second-order valence-electron chi connectivity index (χ2n) is 6.24. The Morgan fingerprint density at radius 3 is 2.43 bits per heavy atom. The SMILES string of the molecule is COc1ccc(CNC(=O)CC(C)=NNC(=O)COc2ccccc2C)cc1. The maximum Gasteiger partial charge on any atom is 0.277 e. The third-order valence-electron chi connectivity index (χ3n) is 3.89. The van der Waals surface area contributed by atoms with Crippen molar-refractivity contribution in [3.8, 4) is 11.5 Å². The summed E-state index contributed by atoms with van der Waals surface area (Å²) in [7, 11) is 1.60. The van der Waals surface area contributed by atoms with Crippen LogP contribution >= 0.6 is 0 Å². The van der Waals surface area contributed by atoms with Crippen molar-refractivity contribution in [3.63, 3.8) is 0 Å². The third kappa shape index (κ3) is 7.11. The van der Waals surface area contributed by atoms with Gasteiger partial charge in [0.2, 0.25) is 5.91 Å². The van der Waals surface area contributed by atoms with E-state index < -0.39 is 0 Å². The molecule has 0 saturated heterocycles. The quantitative estimate of drug-likeness (QED) is 0.515. The summed E-state index contributed by atoms with van der Waals surface area (Å²) in [5, 5.41) is 6.75. The predicted molar refractivity (Wildman–Crippen MR) is 107 cm³/mol. The third-order valence-corrected chi connectivity index (χ3v) is 3.89. The number of para-hydroxylation sites is 1. The summed E-state index contributed by atoms with van der Waals surface area (Å²) in [6, 6.07) is 14.9. The zero-order valence-electron chi connectivity index (χ0n) is 16.3. The minimum Gasteiger partial charge on any atom is -0.497 e. The normalized spacial score (nSPS) is 10.9. The van der Waals surface area contributed by atoms with Crippen LogP contribution in [0.1, 0.15) is 24.5 Å². The van der Waals surface area contributed by atoms with Crippen LogP contribution in [0, 0.1) is 6.92 Å². The standard InChI is InChI=1S/C21H25N3O4/c1-15-6-4-5-7-19(15)28-14-21(26)24-23-16(2)12-20(25)22-13-17-8-10-18(27-3)11-9-17/h4-11H,12-14H2,1-3H3,(H,22,25)(H,24,26). The monoisotopic (exact) mass is 383 g/mol. The van der Waals surface area contributed by atoms with Gasteiger partial charge in [-0.2, -0.15) is 5.10 Å². The zero-order valence-corrected chi connectivity index (χ0v) is 16.3. The minimum absolute atomic E-state index is 0.0923. The lowest BCUT2D eigenvalue weighted by Crippen LogP contribution is -2.28. The molecule has 0 spiro atoms. The van der Waals surface area contributed by atoms with E-state index >= 15 is 0 Å². The van der Waals surface area contributed by atoms with Crippen LogP contribution in [0.25, 0.3) is 0 Å². The fourth-order valence-corrected chi connectivity index (χ4v) is 2.33. The van der Waals surface area contributed by atoms with Gasteiger partial charge in [0.15, 0.2) is 6.61 Å². The summed E-state index contributed by atoms with van der Waals surface area (Å²) in [6.07, 6.45) is 0.0923. The van der Waals surface area contributed by atoms with E-state index in [9.17, 15) is 9.59 Å². The Balaban J connectivity index is 1.71. The van der Waals surface area contributed by atoms with Crippen molar-refractivity contribution in [1.29, 1.82) is 0 Å². The molecular weight excluding hydrogens is 358 g/mol. The van der Waals surface area contributed by atoms with E-state index in [4.69, 9.17) is 9.47 Å². The molecule has 148 valence electrons. The number of benzene rings is 2. The molecule has 0 bridgehead atoms. The Morgan fingerprint density at radius 2 is 1.75 bits per heavy atom. The van der Waals surface area contributed by atoms with Crippen LogP contribution in [0.2, 0.25) is 0 Å². The van der Waals surface area contributed by atoms with Crippen LogP contribution in [0.15, 0.2) is 53.6 Å². The largest absolute Gasteiger partial charge is 0.497 e. The molecule has 0 aliphatic heterocycles. The Labute approximate surface area is 164 Å². The summed E-state index contributed by atoms with van der Waals surface area (Å²) in [5.74, 6) is 0.847. The highest BCUT2D eigenvalue weighted by molar-refractivity contribution is 6.00. The van der Waals surface area contributed by atoms with Crippen molar-refractivity contribution >= 4 is 17.5 Å². The fraction of sp³-hybridized carbons (Fsp3) is 0.286. The number of nitrogens with one attached hydrogen (secondary N) is 2. The van der Waals surface area contributed by atoms with Crippen LogP contribution in [0.4, 0.5) is 0 Å². The smallest absolute Gasteiger partial charge is 0.277 e. The van der Waals surface area contributed by atoms with Gasteiger partial charge in [-0.1, -0.05) is 30.3 Å². The first kappa shape index (κ1) is 21.0. The number of carbonyl (C=O) groups is 2. The molecule has 0 fully saturated rings. The van der Waals surface area contributed by atoms with Gasteiger partial charge in [-0.15, -0.1) is 0 Å². The van der Waals surface area contributed by atoms with E-state index in [-0.39, 0.29) is 24.8 Å². The maximum atomic E-state index is 12.0. The first-order valence-corrected chi connectivity index (χ1v) is 8.88. The summed E-state index contributed by atoms with van der Waals surface area (Å²) >= 11 is 0. The van der Waals surface area contributed by atoms with E-state index in [1.54, 1.807) is 20.1 Å². The molecule has 0 aliphatic rings. The van der Waals surface area contributed by atoms with Crippen LogP contribution in [0.3, 0.4) is 0 Å². The van der Waals surface area contributed by atoms with E-state index in [2.05, 4.69) is 15.8 Å². The topological polar surface area (TPSA) is 89.0 Å². The molecule has 0 saturated carbocycles. The molecule has 0 aromatic heterocycles. The Morgan fingerprint density at radius 1 is 1.04 bits per heavy atom. The molecule has 0 aliphatic carbocycles. The molecule has 0 heterocycles. The molecule has 0 atom stereocenters. The second kappa shape index (κ2) is 10.7. The van der Waals surface area contributed by atoms with Gasteiger partial charge in [0.25, 0.3) is 5.91 Å². The van der Waals surface area contributed by atoms with Gasteiger partial charge >= 0.3 is 0 Å². The van der Waals surface area contributed by atoms with Crippen molar-refractivity contribution in [2.45, 2.75) is 26.8 Å². The van der Waals surface area contributed by atoms with Crippen LogP contribution in [-0.4, -0.2) is 31.2 Å². The molecule has 2 aromatic rings. The molecule has 2 rings (SSSR count). The first-order chi connectivity index (χ1) is 13.5. The van der Waals surface area contributed by atoms with Gasteiger partial charge in [0.05, 0.1) is 13.5 Å². The predicted octanol–water partition coefficient (Wildman–Crippen LogP) is 2.58. The lowest BCUT2D eigenvalue weighted by Gasteiger charge is -2.08. The van der Waals surface area contributed by atoms with E-state index in [1.165, 1.54) is 0 Å². The summed E-state index contributed by atoms with van der Waals surface area (Å²) in [6.45, 7) is 3.84. The number of hydrazone groups is 1. The van der Waals surface area contributed by atoms with Crippen molar-refractivity contribution in [2.75, 3.05) is 13.7 Å². The number of methoxy groups -OCH3 is 1. The van der Waals surface area contributed by atoms with E-state index in [0.717, 1.165) is 16.9 Å². The maximum absolute atomic E-state index is 12.0. The minimum atomic E-state index is -0.388. The number of aryl methyl sites for hydroxylation is 1. The highest BCUT2D eigenvalue weighted by Gasteiger charge is 2.06. The van der Waals surface area contributed by atoms with Crippen LogP contribution in [0.5, 0.6) is 11.5 Å². The number of hydrogen-bond donors (Lipinski definition) is 2. The summed E-state index contributed by atoms with van der Waals surface area (Å²) in [4.78, 5) is 23.8. The van der Waals surface area contributed by atoms with Gasteiger partial charge in [-0.25, -0.2) is 5.43 Å². The fourth-order valence-electron chi connectivity index (χ4n) is 2.33. The molecule has 7 nitrogen and oxygen atoms in total. The Bertz CT molecular complexity index is 832. The second-order valence-corrected chi connectivity index (χ2v) is 6.24. The number of ether oxygens (including phenoxy) is 2. The molecule has 0 unspecified atom stereocenters. The molecule has 0 radical (unpaired) electrons. The first-order valence-electron chi connectivity index (χ1n) is 8.88. The number of carbonyl (C=O) groups excluding carboxylic acids is 2. The van der Waals surface area contributed by atoms with Crippen LogP contribution in [-0.2, 0) is 16.1 Å². The highest BCUT2D eigenvalue weighted by Crippen LogP contribution is 2.15. The molecule has 28 heavy (non-hydrogen) atoms. The van der Waals surface area contributed by atoms with Gasteiger partial charge in [-0.05, 0) is 43.2 Å². The van der Waals surface area contributed by atoms with Crippen molar-refractivity contribution in [2.24, 2.45) is 5.10 Å². The molecule has 2 aromatic carbocycles. The van der Waals surface area contributed by atoms with Gasteiger partial charge in [0.1, 0.15) is 11.5 Å². The average Bonchev–Trinajstić information content (AvgIpc) is 2.70. The van der Waals surface area contributed by atoms with E-state index in [1.807, 2.05) is 49.4 Å². The van der Waals surface area contributed by atoms with Crippen molar-refractivity contribution in [1.82, 2.24) is 10.7 Å². The average molecular weight is 383 g/mol. The number of nitrogens with zero attached hydrogens (tertiary/aromatic N) is 1. The summed E-state index contributed by atoms with van der Waals surface area (Å²) < 4.78 is 10.5. The van der Waals surface area contributed by atoms with Crippen LogP contribution < -0.4 is 20.2 Å². The zero-order chi connectivity index (χ0) is 20.4. The molecular formula is C21H25N3O4. The number of amides is 2. The molecule has 7 heteroatoms. The van der Waals surface area contributed by atoms with Crippen molar-refractivity contribution in [3.05, 3.63) is 59.7 Å². The number of rotatable bonds is 9. The highest BCUT2D eigenvalue weighted by atomic mass is 16.5. The van der Waals surface area contributed by atoms with Gasteiger partial charge < -0.3 is 14.8 Å². The lowest BCUT2D eigenvalue weighted by atomic mass is 10.2. The molecule has 2 amide bonds. The molecule has 2 N–H and O–H groups in total. The number of hydrogen-bond acceptors (Lipinski definition) is 5.